The van der Waals surface area contributed by atoms with E-state index in [1.54, 1.807) is 0 Å². The molecule has 0 saturated heterocycles. The first-order valence-corrected chi connectivity index (χ1v) is 17.8. The molecule has 1 N–H and O–H groups in total. The molecule has 2 heteroatoms. The molecule has 1 heterocycles. The topological polar surface area (TPSA) is 17.0 Å². The summed E-state index contributed by atoms with van der Waals surface area (Å²) in [6.07, 6.45) is 4.28. The van der Waals surface area contributed by atoms with Crippen molar-refractivity contribution in [2.24, 2.45) is 0 Å². The molecular weight excluding hydrogens is 617 g/mol. The Balaban J connectivity index is 1.15. The van der Waals surface area contributed by atoms with E-state index >= 15 is 0 Å². The van der Waals surface area contributed by atoms with E-state index in [1.807, 2.05) is 0 Å². The van der Waals surface area contributed by atoms with Crippen LogP contribution in [0, 0.1) is 0 Å². The van der Waals surface area contributed by atoms with E-state index in [0.29, 0.717) is 0 Å². The van der Waals surface area contributed by atoms with Gasteiger partial charge in [0.25, 0.3) is 0 Å². The maximum absolute atomic E-state index is 4.61. The van der Waals surface area contributed by atoms with Gasteiger partial charge in [-0.3, -0.25) is 0 Å². The van der Waals surface area contributed by atoms with Gasteiger partial charge < -0.3 is 9.88 Å². The van der Waals surface area contributed by atoms with Gasteiger partial charge in [0.1, 0.15) is 0 Å². The van der Waals surface area contributed by atoms with Crippen LogP contribution < -0.4 is 5.32 Å². The van der Waals surface area contributed by atoms with Gasteiger partial charge in [-0.05, 0) is 93.9 Å². The van der Waals surface area contributed by atoms with Crippen LogP contribution in [0.3, 0.4) is 0 Å². The third-order valence-corrected chi connectivity index (χ3v) is 9.64. The van der Waals surface area contributed by atoms with Gasteiger partial charge in [0, 0.05) is 33.4 Å². The highest BCUT2D eigenvalue weighted by Crippen LogP contribution is 2.37. The molecule has 0 bridgehead atoms. The lowest BCUT2D eigenvalue weighted by atomic mass is 9.95. The predicted octanol–water partition coefficient (Wildman–Crippen LogP) is 13.8. The Hall–Kier alpha value is -6.38. The Morgan fingerprint density at radius 1 is 0.569 bits per heavy atom. The number of nitrogens with one attached hydrogen (secondary N) is 1. The number of fused-ring (bicyclic) bond motifs is 3. The van der Waals surface area contributed by atoms with Crippen molar-refractivity contribution >= 4 is 44.3 Å². The molecule has 2 nitrogen and oxygen atoms in total. The molecule has 51 heavy (non-hydrogen) atoms. The molecule has 0 atom stereocenters. The molecule has 0 aliphatic carbocycles. The van der Waals surface area contributed by atoms with Crippen molar-refractivity contribution in [3.63, 3.8) is 0 Å². The van der Waals surface area contributed by atoms with E-state index in [4.69, 9.17) is 0 Å². The van der Waals surface area contributed by atoms with Crippen LogP contribution in [0.1, 0.15) is 30.9 Å². The average molecular weight is 657 g/mol. The number of hydrogen-bond acceptors (Lipinski definition) is 1. The minimum Gasteiger partial charge on any atom is -0.355 e. The first-order valence-electron chi connectivity index (χ1n) is 17.8. The molecular formula is C49H40N2. The standard InChI is InChI=1S/C49H40N2/c1-3-16-38(31-35(2)44-25-10-12-27-47(44)50-42-23-14-21-39(32-42)36-17-6-4-7-18-36)41-29-30-49-46(34-41)45-26-11-13-28-48(45)51(49)43-24-15-22-40(33-43)37-19-8-5-9-20-37/h4-15,17-34,50H,2-3,16H2,1H3/b38-31+. The summed E-state index contributed by atoms with van der Waals surface area (Å²) < 4.78 is 2.40. The normalized spacial score (nSPS) is 11.6. The summed E-state index contributed by atoms with van der Waals surface area (Å²) in [4.78, 5) is 0. The van der Waals surface area contributed by atoms with Crippen LogP contribution in [0.5, 0.6) is 0 Å². The van der Waals surface area contributed by atoms with Gasteiger partial charge in [-0.25, -0.2) is 0 Å². The number of hydrogen-bond donors (Lipinski definition) is 1. The van der Waals surface area contributed by atoms with Crippen molar-refractivity contribution < 1.29 is 0 Å². The van der Waals surface area contributed by atoms with E-state index in [2.05, 4.69) is 205 Å². The SMILES string of the molecule is C=C(/C=C(\CCC)c1ccc2c(c1)c1ccccc1n2-c1cccc(-c2ccccc2)c1)c1ccccc1Nc1cccc(-c2ccccc2)c1. The zero-order chi connectivity index (χ0) is 34.6. The largest absolute Gasteiger partial charge is 0.355 e. The lowest BCUT2D eigenvalue weighted by Gasteiger charge is -2.15. The molecule has 0 aliphatic heterocycles. The van der Waals surface area contributed by atoms with Crippen LogP contribution in [-0.4, -0.2) is 4.57 Å². The van der Waals surface area contributed by atoms with Gasteiger partial charge in [-0.2, -0.15) is 0 Å². The quantitative estimate of drug-likeness (QED) is 0.145. The number of aromatic nitrogens is 1. The van der Waals surface area contributed by atoms with Gasteiger partial charge in [-0.15, -0.1) is 0 Å². The van der Waals surface area contributed by atoms with E-state index in [-0.39, 0.29) is 0 Å². The Kier molecular flexibility index (Phi) is 8.89. The number of anilines is 2. The fourth-order valence-electron chi connectivity index (χ4n) is 7.20. The van der Waals surface area contributed by atoms with Gasteiger partial charge in [0.15, 0.2) is 0 Å². The highest BCUT2D eigenvalue weighted by Gasteiger charge is 2.15. The Bertz CT molecular complexity index is 2520. The van der Waals surface area contributed by atoms with Crippen LogP contribution in [0.15, 0.2) is 189 Å². The highest BCUT2D eigenvalue weighted by molar-refractivity contribution is 6.10. The zero-order valence-electron chi connectivity index (χ0n) is 28.9. The molecule has 0 spiro atoms. The predicted molar refractivity (Wildman–Crippen MR) is 220 cm³/mol. The summed E-state index contributed by atoms with van der Waals surface area (Å²) in [5.41, 5.74) is 15.1. The Morgan fingerprint density at radius 3 is 1.96 bits per heavy atom. The summed E-state index contributed by atoms with van der Waals surface area (Å²) in [6, 6.07) is 62.7. The van der Waals surface area contributed by atoms with Gasteiger partial charge in [0.05, 0.1) is 11.0 Å². The average Bonchev–Trinajstić information content (AvgIpc) is 3.52. The van der Waals surface area contributed by atoms with Crippen molar-refractivity contribution in [1.29, 1.82) is 0 Å². The molecule has 7 aromatic carbocycles. The summed E-state index contributed by atoms with van der Waals surface area (Å²) in [7, 11) is 0. The monoisotopic (exact) mass is 656 g/mol. The lowest BCUT2D eigenvalue weighted by Crippen LogP contribution is -1.96. The van der Waals surface area contributed by atoms with Crippen molar-refractivity contribution in [2.45, 2.75) is 19.8 Å². The lowest BCUT2D eigenvalue weighted by molar-refractivity contribution is 0.974. The van der Waals surface area contributed by atoms with E-state index < -0.39 is 0 Å². The molecule has 1 aromatic heterocycles. The summed E-state index contributed by atoms with van der Waals surface area (Å²) in [6.45, 7) is 6.85. The second-order valence-corrected chi connectivity index (χ2v) is 13.1. The minimum absolute atomic E-state index is 0.955. The molecule has 246 valence electrons. The van der Waals surface area contributed by atoms with Crippen LogP contribution in [-0.2, 0) is 0 Å². The van der Waals surface area contributed by atoms with Crippen LogP contribution in [0.4, 0.5) is 11.4 Å². The first kappa shape index (κ1) is 31.9. The number of allylic oxidation sites excluding steroid dienone is 3. The van der Waals surface area contributed by atoms with E-state index in [1.165, 1.54) is 55.2 Å². The molecule has 0 aliphatic rings. The smallest absolute Gasteiger partial charge is 0.0541 e. The van der Waals surface area contributed by atoms with Crippen LogP contribution in [0.25, 0.3) is 60.9 Å². The molecule has 0 fully saturated rings. The fraction of sp³-hybridized carbons (Fsp3) is 0.0612. The zero-order valence-corrected chi connectivity index (χ0v) is 28.9. The first-order chi connectivity index (χ1) is 25.2. The van der Waals surface area contributed by atoms with Crippen molar-refractivity contribution in [2.75, 3.05) is 5.32 Å². The molecule has 0 radical (unpaired) electrons. The van der Waals surface area contributed by atoms with Crippen molar-refractivity contribution in [1.82, 2.24) is 4.57 Å². The maximum Gasteiger partial charge on any atom is 0.0541 e. The molecule has 0 unspecified atom stereocenters. The number of rotatable bonds is 10. The van der Waals surface area contributed by atoms with Crippen molar-refractivity contribution in [3.8, 4) is 27.9 Å². The maximum atomic E-state index is 4.61. The van der Waals surface area contributed by atoms with Crippen LogP contribution >= 0.6 is 0 Å². The second-order valence-electron chi connectivity index (χ2n) is 13.1. The summed E-state index contributed by atoms with van der Waals surface area (Å²) >= 11 is 0. The number of nitrogens with zero attached hydrogens (tertiary/aromatic N) is 1. The molecule has 0 amide bonds. The number of benzene rings is 7. The fourth-order valence-corrected chi connectivity index (χ4v) is 7.20. The van der Waals surface area contributed by atoms with E-state index in [0.717, 1.165) is 41.0 Å². The number of para-hydroxylation sites is 2. The van der Waals surface area contributed by atoms with Gasteiger partial charge in [0.2, 0.25) is 0 Å². The van der Waals surface area contributed by atoms with Gasteiger partial charge in [-0.1, -0.05) is 153 Å². The Labute approximate surface area is 300 Å². The second kappa shape index (κ2) is 14.2. The summed E-state index contributed by atoms with van der Waals surface area (Å²) in [5.74, 6) is 0. The third kappa shape index (κ3) is 6.52. The molecule has 8 rings (SSSR count). The molecule has 8 aromatic rings. The van der Waals surface area contributed by atoms with E-state index in [9.17, 15) is 0 Å². The summed E-state index contributed by atoms with van der Waals surface area (Å²) in [5, 5.41) is 6.20. The van der Waals surface area contributed by atoms with Gasteiger partial charge >= 0.3 is 0 Å². The van der Waals surface area contributed by atoms with Crippen LogP contribution in [0.2, 0.25) is 0 Å². The third-order valence-electron chi connectivity index (χ3n) is 9.64. The molecule has 0 saturated carbocycles. The Morgan fingerprint density at radius 2 is 1.20 bits per heavy atom. The minimum atomic E-state index is 0.955. The highest BCUT2D eigenvalue weighted by atomic mass is 15.0. The van der Waals surface area contributed by atoms with Crippen molar-refractivity contribution in [3.05, 3.63) is 200 Å².